The van der Waals surface area contributed by atoms with Crippen LogP contribution in [-0.2, 0) is 0 Å². The monoisotopic (exact) mass is 271 g/mol. The smallest absolute Gasteiger partial charge is 0.0689 e. The van der Waals surface area contributed by atoms with Crippen molar-refractivity contribution in [3.8, 4) is 12.3 Å². The summed E-state index contributed by atoms with van der Waals surface area (Å²) in [7, 11) is 0. The van der Waals surface area contributed by atoms with Crippen LogP contribution in [0.1, 0.15) is 31.2 Å². The lowest BCUT2D eigenvalue weighted by molar-refractivity contribution is 0.517. The lowest BCUT2D eigenvalue weighted by Crippen LogP contribution is -2.29. The summed E-state index contributed by atoms with van der Waals surface area (Å²) >= 11 is 5.26. The van der Waals surface area contributed by atoms with E-state index in [4.69, 9.17) is 6.42 Å². The third-order valence-corrected chi connectivity index (χ3v) is 4.15. The maximum atomic E-state index is 5.40. The summed E-state index contributed by atoms with van der Waals surface area (Å²) in [5, 5.41) is 5.48. The molecule has 0 aliphatic rings. The Hall–Kier alpha value is -0.300. The fraction of sp³-hybridized carbons (Fsp3) is 0.455. The van der Waals surface area contributed by atoms with Gasteiger partial charge in [-0.05, 0) is 40.7 Å². The molecular weight excluding hydrogens is 258 g/mol. The van der Waals surface area contributed by atoms with E-state index in [1.54, 1.807) is 11.3 Å². The van der Waals surface area contributed by atoms with E-state index in [1.807, 2.05) is 0 Å². The molecular formula is C11H14BrNS. The van der Waals surface area contributed by atoms with Crippen LogP contribution in [0.25, 0.3) is 0 Å². The van der Waals surface area contributed by atoms with Gasteiger partial charge in [0.15, 0.2) is 0 Å². The zero-order valence-corrected chi connectivity index (χ0v) is 10.8. The Kier molecular flexibility index (Phi) is 4.67. The average Bonchev–Trinajstić information content (AvgIpc) is 2.60. The predicted molar refractivity (Wildman–Crippen MR) is 66.5 cm³/mol. The van der Waals surface area contributed by atoms with Crippen molar-refractivity contribution in [3.05, 3.63) is 20.8 Å². The van der Waals surface area contributed by atoms with Gasteiger partial charge in [-0.1, -0.05) is 12.8 Å². The Morgan fingerprint density at radius 1 is 1.71 bits per heavy atom. The highest BCUT2D eigenvalue weighted by Gasteiger charge is 2.13. The van der Waals surface area contributed by atoms with E-state index in [-0.39, 0.29) is 6.04 Å². The van der Waals surface area contributed by atoms with Crippen LogP contribution in [-0.4, -0.2) is 6.04 Å². The molecule has 0 amide bonds. The van der Waals surface area contributed by atoms with E-state index in [0.29, 0.717) is 6.04 Å². The van der Waals surface area contributed by atoms with Crippen molar-refractivity contribution in [2.45, 2.75) is 32.4 Å². The van der Waals surface area contributed by atoms with E-state index in [2.05, 4.69) is 52.5 Å². The predicted octanol–water partition coefficient (Wildman–Crippen LogP) is 3.57. The quantitative estimate of drug-likeness (QED) is 0.826. The van der Waals surface area contributed by atoms with Crippen molar-refractivity contribution in [2.24, 2.45) is 0 Å². The second kappa shape index (κ2) is 5.55. The molecule has 0 bridgehead atoms. The molecule has 2 unspecified atom stereocenters. The molecule has 1 aromatic heterocycles. The Bertz CT molecular complexity index is 326. The second-order valence-corrected chi connectivity index (χ2v) is 4.95. The molecule has 1 heterocycles. The first-order valence-corrected chi connectivity index (χ1v) is 6.31. The molecule has 3 heteroatoms. The van der Waals surface area contributed by atoms with Crippen LogP contribution in [0.15, 0.2) is 15.9 Å². The molecule has 0 aliphatic carbocycles. The van der Waals surface area contributed by atoms with E-state index >= 15 is 0 Å². The summed E-state index contributed by atoms with van der Waals surface area (Å²) in [5.74, 6) is 2.74. The molecule has 0 radical (unpaired) electrons. The van der Waals surface area contributed by atoms with Crippen LogP contribution < -0.4 is 5.32 Å². The fourth-order valence-corrected chi connectivity index (χ4v) is 3.01. The number of terminal acetylenes is 1. The Balaban J connectivity index is 2.63. The van der Waals surface area contributed by atoms with Crippen LogP contribution in [0.4, 0.5) is 0 Å². The van der Waals surface area contributed by atoms with Gasteiger partial charge in [-0.15, -0.1) is 17.8 Å². The number of thiophene rings is 1. The maximum absolute atomic E-state index is 5.40. The summed E-state index contributed by atoms with van der Waals surface area (Å²) in [6, 6.07) is 2.54. The molecule has 0 spiro atoms. The molecule has 1 aromatic rings. The van der Waals surface area contributed by atoms with Crippen LogP contribution >= 0.6 is 27.3 Å². The molecule has 0 saturated carbocycles. The number of hydrogen-bond acceptors (Lipinski definition) is 2. The minimum absolute atomic E-state index is 0.166. The third-order valence-electron chi connectivity index (χ3n) is 2.10. The van der Waals surface area contributed by atoms with Crippen molar-refractivity contribution in [2.75, 3.05) is 0 Å². The molecule has 2 atom stereocenters. The lowest BCUT2D eigenvalue weighted by Gasteiger charge is -2.17. The van der Waals surface area contributed by atoms with Gasteiger partial charge in [-0.3, -0.25) is 5.32 Å². The van der Waals surface area contributed by atoms with Gasteiger partial charge in [-0.25, -0.2) is 0 Å². The maximum Gasteiger partial charge on any atom is 0.0689 e. The molecule has 0 saturated heterocycles. The largest absolute Gasteiger partial charge is 0.296 e. The summed E-state index contributed by atoms with van der Waals surface area (Å²) in [5.41, 5.74) is 0. The van der Waals surface area contributed by atoms with Crippen LogP contribution in [0, 0.1) is 12.3 Å². The van der Waals surface area contributed by atoms with Crippen molar-refractivity contribution < 1.29 is 0 Å². The normalized spacial score (nSPS) is 14.7. The summed E-state index contributed by atoms with van der Waals surface area (Å²) in [4.78, 5) is 1.30. The summed E-state index contributed by atoms with van der Waals surface area (Å²) in [6.45, 7) is 4.23. The summed E-state index contributed by atoms with van der Waals surface area (Å²) < 4.78 is 1.16. The van der Waals surface area contributed by atoms with Crippen LogP contribution in [0.2, 0.25) is 0 Å². The molecule has 0 aromatic carbocycles. The van der Waals surface area contributed by atoms with Gasteiger partial charge in [0, 0.05) is 15.4 Å². The Labute approximate surface area is 98.0 Å². The minimum Gasteiger partial charge on any atom is -0.296 e. The SMILES string of the molecule is C#CC(CC)NC(C)c1sccc1Br. The molecule has 0 fully saturated rings. The summed E-state index contributed by atoms with van der Waals surface area (Å²) in [6.07, 6.45) is 6.36. The van der Waals surface area contributed by atoms with Gasteiger partial charge in [-0.2, -0.15) is 0 Å². The second-order valence-electron chi connectivity index (χ2n) is 3.15. The first-order chi connectivity index (χ1) is 6.69. The Morgan fingerprint density at radius 2 is 2.43 bits per heavy atom. The molecule has 0 aliphatic heterocycles. The first kappa shape index (κ1) is 11.8. The van der Waals surface area contributed by atoms with Gasteiger partial charge in [0.25, 0.3) is 0 Å². The molecule has 1 N–H and O–H groups in total. The van der Waals surface area contributed by atoms with E-state index in [0.717, 1.165) is 10.9 Å². The highest BCUT2D eigenvalue weighted by Crippen LogP contribution is 2.28. The molecule has 1 nitrogen and oxygen atoms in total. The topological polar surface area (TPSA) is 12.0 Å². The van der Waals surface area contributed by atoms with Gasteiger partial charge in [0.2, 0.25) is 0 Å². The fourth-order valence-electron chi connectivity index (χ4n) is 1.28. The minimum atomic E-state index is 0.166. The van der Waals surface area contributed by atoms with E-state index in [9.17, 15) is 0 Å². The molecule has 76 valence electrons. The highest BCUT2D eigenvalue weighted by atomic mass is 79.9. The van der Waals surface area contributed by atoms with Crippen molar-refractivity contribution >= 4 is 27.3 Å². The van der Waals surface area contributed by atoms with E-state index in [1.165, 1.54) is 4.88 Å². The zero-order valence-electron chi connectivity index (χ0n) is 8.38. The highest BCUT2D eigenvalue weighted by molar-refractivity contribution is 9.10. The third kappa shape index (κ3) is 2.84. The van der Waals surface area contributed by atoms with Gasteiger partial charge in [0.1, 0.15) is 0 Å². The number of rotatable bonds is 4. The van der Waals surface area contributed by atoms with Crippen molar-refractivity contribution in [1.82, 2.24) is 5.32 Å². The van der Waals surface area contributed by atoms with Gasteiger partial charge >= 0.3 is 0 Å². The van der Waals surface area contributed by atoms with E-state index < -0.39 is 0 Å². The molecule has 1 rings (SSSR count). The van der Waals surface area contributed by atoms with Crippen LogP contribution in [0.5, 0.6) is 0 Å². The zero-order chi connectivity index (χ0) is 10.6. The van der Waals surface area contributed by atoms with Crippen LogP contribution in [0.3, 0.4) is 0 Å². The van der Waals surface area contributed by atoms with Crippen molar-refractivity contribution in [3.63, 3.8) is 0 Å². The average molecular weight is 272 g/mol. The van der Waals surface area contributed by atoms with Crippen molar-refractivity contribution in [1.29, 1.82) is 0 Å². The standard InChI is InChI=1S/C11H14BrNS/c1-4-9(5-2)13-8(3)11-10(12)6-7-14-11/h1,6-9,13H,5H2,2-3H3. The number of nitrogens with one attached hydrogen (secondary N) is 1. The number of halogens is 1. The number of hydrogen-bond donors (Lipinski definition) is 1. The Morgan fingerprint density at radius 3 is 2.86 bits per heavy atom. The van der Waals surface area contributed by atoms with Gasteiger partial charge in [0.05, 0.1) is 6.04 Å². The van der Waals surface area contributed by atoms with Gasteiger partial charge < -0.3 is 0 Å². The first-order valence-electron chi connectivity index (χ1n) is 4.64. The molecule has 14 heavy (non-hydrogen) atoms. The lowest BCUT2D eigenvalue weighted by atomic mass is 10.2.